The molecule has 1 aliphatic heterocycles. The lowest BCUT2D eigenvalue weighted by atomic mass is 9.68. The second-order valence-electron chi connectivity index (χ2n) is 7.63. The van der Waals surface area contributed by atoms with Crippen LogP contribution in [0.5, 0.6) is 5.75 Å². The zero-order valence-corrected chi connectivity index (χ0v) is 13.7. The van der Waals surface area contributed by atoms with Crippen molar-refractivity contribution in [1.29, 1.82) is 0 Å². The molecule has 0 unspecified atom stereocenters. The number of hydrogen-bond donors (Lipinski definition) is 1. The van der Waals surface area contributed by atoms with Crippen LogP contribution < -0.4 is 4.74 Å². The summed E-state index contributed by atoms with van der Waals surface area (Å²) in [5, 5.41) is 9.57. The number of β-amino-alcohol motifs (C(OH)–C–C–N with tert-alkyl or cyclic N) is 1. The van der Waals surface area contributed by atoms with Crippen molar-refractivity contribution in [1.82, 2.24) is 4.90 Å². The van der Waals surface area contributed by atoms with Crippen LogP contribution in [0.4, 0.5) is 0 Å². The standard InChI is InChI=1S/C19H25NO3/c1-23-17-4-2-3-13(8-17)9-19(10-14-5-6-15(19)7-14)18(22)20-11-16(21)12-20/h2-4,8,14-16,21H,5-7,9-12H2,1H3/t14-,15+,19-/m0/s1. The average molecular weight is 315 g/mol. The summed E-state index contributed by atoms with van der Waals surface area (Å²) in [6, 6.07) is 8.12. The maximum absolute atomic E-state index is 13.2. The Labute approximate surface area is 137 Å². The van der Waals surface area contributed by atoms with Crippen LogP contribution in [0.2, 0.25) is 0 Å². The van der Waals surface area contributed by atoms with Gasteiger partial charge in [-0.2, -0.15) is 0 Å². The molecule has 23 heavy (non-hydrogen) atoms. The highest BCUT2D eigenvalue weighted by Crippen LogP contribution is 2.58. The number of carbonyl (C=O) groups excluding carboxylic acids is 1. The van der Waals surface area contributed by atoms with Gasteiger partial charge in [0.05, 0.1) is 18.6 Å². The van der Waals surface area contributed by atoms with Gasteiger partial charge in [-0.1, -0.05) is 18.6 Å². The molecule has 4 rings (SSSR count). The lowest BCUT2D eigenvalue weighted by molar-refractivity contribution is -0.156. The SMILES string of the molecule is COc1cccc(C[C@]2(C(=O)N3CC(O)C3)C[C@H]3CC[C@@H]2C3)c1. The highest BCUT2D eigenvalue weighted by Gasteiger charge is 2.57. The fraction of sp³-hybridized carbons (Fsp3) is 0.632. The molecule has 3 fully saturated rings. The number of rotatable bonds is 4. The van der Waals surface area contributed by atoms with E-state index in [0.717, 1.165) is 18.6 Å². The van der Waals surface area contributed by atoms with Crippen LogP contribution in [-0.2, 0) is 11.2 Å². The van der Waals surface area contributed by atoms with Crippen molar-refractivity contribution in [2.24, 2.45) is 17.3 Å². The summed E-state index contributed by atoms with van der Waals surface area (Å²) in [7, 11) is 1.68. The summed E-state index contributed by atoms with van der Waals surface area (Å²) in [6.45, 7) is 1.02. The predicted molar refractivity (Wildman–Crippen MR) is 87.2 cm³/mol. The van der Waals surface area contributed by atoms with E-state index in [9.17, 15) is 9.90 Å². The molecule has 2 bridgehead atoms. The van der Waals surface area contributed by atoms with Crippen molar-refractivity contribution < 1.29 is 14.6 Å². The Morgan fingerprint density at radius 1 is 1.39 bits per heavy atom. The minimum atomic E-state index is -0.327. The number of methoxy groups -OCH3 is 1. The van der Waals surface area contributed by atoms with E-state index in [1.165, 1.54) is 24.8 Å². The first kappa shape index (κ1) is 15.0. The number of hydrogen-bond acceptors (Lipinski definition) is 3. The lowest BCUT2D eigenvalue weighted by Crippen LogP contribution is -2.59. The molecule has 1 heterocycles. The molecule has 0 spiro atoms. The summed E-state index contributed by atoms with van der Waals surface area (Å²) in [4.78, 5) is 15.1. The van der Waals surface area contributed by atoms with Gasteiger partial charge in [-0.25, -0.2) is 0 Å². The number of aliphatic hydroxyl groups is 1. The van der Waals surface area contributed by atoms with Gasteiger partial charge in [0.1, 0.15) is 5.75 Å². The topological polar surface area (TPSA) is 49.8 Å². The minimum absolute atomic E-state index is 0.255. The second kappa shape index (κ2) is 5.52. The van der Waals surface area contributed by atoms with Crippen LogP contribution >= 0.6 is 0 Å². The molecular formula is C19H25NO3. The van der Waals surface area contributed by atoms with Crippen molar-refractivity contribution in [2.45, 2.75) is 38.2 Å². The fourth-order valence-electron chi connectivity index (χ4n) is 5.08. The monoisotopic (exact) mass is 315 g/mol. The van der Waals surface area contributed by atoms with Crippen molar-refractivity contribution in [3.63, 3.8) is 0 Å². The Hall–Kier alpha value is -1.55. The number of aliphatic hydroxyl groups excluding tert-OH is 1. The normalized spacial score (nSPS) is 32.9. The number of fused-ring (bicyclic) bond motifs is 2. The Morgan fingerprint density at radius 3 is 2.83 bits per heavy atom. The van der Waals surface area contributed by atoms with Crippen molar-refractivity contribution in [3.05, 3.63) is 29.8 Å². The van der Waals surface area contributed by atoms with E-state index in [-0.39, 0.29) is 17.4 Å². The quantitative estimate of drug-likeness (QED) is 0.927. The maximum atomic E-state index is 13.2. The molecule has 0 aromatic heterocycles. The van der Waals surface area contributed by atoms with E-state index in [2.05, 4.69) is 12.1 Å². The first-order valence-electron chi connectivity index (χ1n) is 8.71. The number of likely N-dealkylation sites (tertiary alicyclic amines) is 1. The zero-order chi connectivity index (χ0) is 16.0. The second-order valence-corrected chi connectivity index (χ2v) is 7.63. The number of amides is 1. The molecule has 124 valence electrons. The smallest absolute Gasteiger partial charge is 0.229 e. The average Bonchev–Trinajstić information content (AvgIpc) is 3.13. The number of carbonyl (C=O) groups is 1. The molecular weight excluding hydrogens is 290 g/mol. The maximum Gasteiger partial charge on any atom is 0.229 e. The summed E-state index contributed by atoms with van der Waals surface area (Å²) in [6.07, 6.45) is 5.15. The summed E-state index contributed by atoms with van der Waals surface area (Å²) in [5.74, 6) is 2.34. The van der Waals surface area contributed by atoms with Crippen molar-refractivity contribution in [3.8, 4) is 5.75 Å². The van der Waals surface area contributed by atoms with Crippen LogP contribution in [-0.4, -0.2) is 42.2 Å². The highest BCUT2D eigenvalue weighted by molar-refractivity contribution is 5.85. The number of nitrogens with zero attached hydrogens (tertiary/aromatic N) is 1. The van der Waals surface area contributed by atoms with Crippen LogP contribution in [0.25, 0.3) is 0 Å². The van der Waals surface area contributed by atoms with E-state index < -0.39 is 0 Å². The van der Waals surface area contributed by atoms with Gasteiger partial charge in [-0.05, 0) is 55.2 Å². The molecule has 2 aliphatic carbocycles. The molecule has 1 aromatic rings. The van der Waals surface area contributed by atoms with Gasteiger partial charge < -0.3 is 14.7 Å². The van der Waals surface area contributed by atoms with E-state index in [1.54, 1.807) is 7.11 Å². The van der Waals surface area contributed by atoms with Crippen LogP contribution in [0.15, 0.2) is 24.3 Å². The lowest BCUT2D eigenvalue weighted by Gasteiger charge is -2.45. The van der Waals surface area contributed by atoms with Gasteiger partial charge in [0.25, 0.3) is 0 Å². The largest absolute Gasteiger partial charge is 0.497 e. The summed E-state index contributed by atoms with van der Waals surface area (Å²) >= 11 is 0. The van der Waals surface area contributed by atoms with E-state index >= 15 is 0 Å². The summed E-state index contributed by atoms with van der Waals surface area (Å²) < 4.78 is 5.34. The van der Waals surface area contributed by atoms with Gasteiger partial charge >= 0.3 is 0 Å². The predicted octanol–water partition coefficient (Wildman–Crippen LogP) is 2.25. The first-order valence-corrected chi connectivity index (χ1v) is 8.71. The van der Waals surface area contributed by atoms with E-state index in [0.29, 0.717) is 24.9 Å². The van der Waals surface area contributed by atoms with E-state index in [1.807, 2.05) is 17.0 Å². The molecule has 3 aliphatic rings. The third-order valence-electron chi connectivity index (χ3n) is 6.20. The van der Waals surface area contributed by atoms with Crippen LogP contribution in [0.1, 0.15) is 31.2 Å². The third-order valence-corrected chi connectivity index (χ3v) is 6.20. The molecule has 1 N–H and O–H groups in total. The van der Waals surface area contributed by atoms with E-state index in [4.69, 9.17) is 4.74 Å². The molecule has 1 aromatic carbocycles. The molecule has 0 radical (unpaired) electrons. The van der Waals surface area contributed by atoms with Gasteiger partial charge in [-0.15, -0.1) is 0 Å². The molecule has 2 saturated carbocycles. The van der Waals surface area contributed by atoms with Gasteiger partial charge in [0, 0.05) is 13.1 Å². The Balaban J connectivity index is 1.62. The van der Waals surface area contributed by atoms with Crippen molar-refractivity contribution in [2.75, 3.05) is 20.2 Å². The Morgan fingerprint density at radius 2 is 2.22 bits per heavy atom. The van der Waals surface area contributed by atoms with Crippen molar-refractivity contribution >= 4 is 5.91 Å². The number of ether oxygens (including phenoxy) is 1. The molecule has 3 atom stereocenters. The number of benzene rings is 1. The van der Waals surface area contributed by atoms with Gasteiger partial charge in [-0.3, -0.25) is 4.79 Å². The molecule has 4 nitrogen and oxygen atoms in total. The third kappa shape index (κ3) is 2.44. The fourth-order valence-corrected chi connectivity index (χ4v) is 5.08. The molecule has 4 heteroatoms. The first-order chi connectivity index (χ1) is 11.1. The van der Waals surface area contributed by atoms with Crippen LogP contribution in [0, 0.1) is 17.3 Å². The molecule has 1 amide bonds. The van der Waals surface area contributed by atoms with Gasteiger partial charge in [0.15, 0.2) is 0 Å². The Bertz CT molecular complexity index is 610. The minimum Gasteiger partial charge on any atom is -0.497 e. The molecule has 1 saturated heterocycles. The Kier molecular flexibility index (Phi) is 3.60. The highest BCUT2D eigenvalue weighted by atomic mass is 16.5. The zero-order valence-electron chi connectivity index (χ0n) is 13.7. The van der Waals surface area contributed by atoms with Gasteiger partial charge in [0.2, 0.25) is 5.91 Å². The van der Waals surface area contributed by atoms with Crippen LogP contribution in [0.3, 0.4) is 0 Å². The summed E-state index contributed by atoms with van der Waals surface area (Å²) in [5.41, 5.74) is 0.932.